The summed E-state index contributed by atoms with van der Waals surface area (Å²) in [6, 6.07) is 8.96. The topological polar surface area (TPSA) is 117 Å². The zero-order valence-corrected chi connectivity index (χ0v) is 21.9. The number of piperidine rings is 1. The van der Waals surface area contributed by atoms with Gasteiger partial charge in [-0.3, -0.25) is 9.69 Å². The number of carbonyl (C=O) groups is 1. The maximum atomic E-state index is 13.9. The quantitative estimate of drug-likeness (QED) is 0.323. The second kappa shape index (κ2) is 10.8. The number of carboxylic acids is 1. The van der Waals surface area contributed by atoms with Crippen molar-refractivity contribution in [3.8, 4) is 0 Å². The second-order valence-corrected chi connectivity index (χ2v) is 11.8. The number of nitrogens with zero attached hydrogens (tertiary/aromatic N) is 4. The van der Waals surface area contributed by atoms with Crippen molar-refractivity contribution in [2.24, 2.45) is 17.0 Å². The van der Waals surface area contributed by atoms with Crippen LogP contribution >= 0.6 is 0 Å². The molecule has 38 heavy (non-hydrogen) atoms. The number of hydrogen-bond acceptors (Lipinski definition) is 7. The van der Waals surface area contributed by atoms with Gasteiger partial charge in [-0.05, 0) is 68.9 Å². The van der Waals surface area contributed by atoms with E-state index in [1.54, 1.807) is 10.6 Å². The normalized spacial score (nSPS) is 31.8. The number of fused-ring (bicyclic) bond motifs is 5. The highest BCUT2D eigenvalue weighted by atomic mass is 16.6. The molecule has 3 unspecified atom stereocenters. The minimum absolute atomic E-state index is 0.0258. The molecule has 2 saturated heterocycles. The first-order valence-electron chi connectivity index (χ1n) is 14.4. The molecular formula is C29H38N4O5. The molecule has 3 heterocycles. The van der Waals surface area contributed by atoms with Crippen molar-refractivity contribution in [3.05, 3.63) is 40.3 Å². The molecule has 4 bridgehead atoms. The van der Waals surface area contributed by atoms with Crippen molar-refractivity contribution in [1.82, 2.24) is 14.5 Å². The number of aromatic nitrogens is 2. The first kappa shape index (κ1) is 25.5. The summed E-state index contributed by atoms with van der Waals surface area (Å²) in [6.07, 6.45) is 13.7. The average Bonchev–Trinajstić information content (AvgIpc) is 3.06. The van der Waals surface area contributed by atoms with Crippen LogP contribution in [-0.4, -0.2) is 67.7 Å². The number of hydrogen-bond donors (Lipinski definition) is 2. The van der Waals surface area contributed by atoms with E-state index in [2.05, 4.69) is 15.0 Å². The Bertz CT molecular complexity index is 1250. The summed E-state index contributed by atoms with van der Waals surface area (Å²) in [4.78, 5) is 38.1. The summed E-state index contributed by atoms with van der Waals surface area (Å²) in [5, 5.41) is 22.5. The number of para-hydroxylation sites is 2. The molecule has 9 heteroatoms. The summed E-state index contributed by atoms with van der Waals surface area (Å²) >= 11 is 0. The molecule has 2 aromatic rings. The van der Waals surface area contributed by atoms with Gasteiger partial charge in [-0.15, -0.1) is 0 Å². The Kier molecular flexibility index (Phi) is 7.22. The Hall–Kier alpha value is -2.78. The standard InChI is InChI=1S/C29H38N4O5/c34-11-12-38-31-27(29(36)37)26-28(35)33(25-8-4-3-7-24(25)30-26)23-16-20-9-10-21(17-23)32(20)22-14-18-5-1-2-6-19(13-18)15-22/h3-4,7-8,18-23,34H,1-2,5-6,9-17H2,(H,36,37)/b31-27-/t18?,19?,20-,21+,22?,23?. The SMILES string of the molecule is O=C(O)/C(=N\OCCO)c1nc2ccccc2n(C2C[C@H]3CC[C@@H](C2)N3C2CC3CCCCC(C3)C2)c1=O. The van der Waals surface area contributed by atoms with Gasteiger partial charge in [0.15, 0.2) is 5.69 Å². The van der Waals surface area contributed by atoms with Crippen LogP contribution in [0.3, 0.4) is 0 Å². The number of rotatable bonds is 7. The third-order valence-corrected chi connectivity index (χ3v) is 9.46. The number of carboxylic acid groups (broad SMARTS) is 1. The van der Waals surface area contributed by atoms with Crippen LogP contribution in [0.4, 0.5) is 0 Å². The number of benzene rings is 1. The van der Waals surface area contributed by atoms with Gasteiger partial charge < -0.3 is 19.6 Å². The lowest BCUT2D eigenvalue weighted by Crippen LogP contribution is -2.52. The first-order chi connectivity index (χ1) is 18.5. The molecule has 0 radical (unpaired) electrons. The minimum atomic E-state index is -1.39. The fourth-order valence-electron chi connectivity index (χ4n) is 8.11. The molecule has 2 aliphatic heterocycles. The number of aliphatic hydroxyl groups is 1. The highest BCUT2D eigenvalue weighted by Crippen LogP contribution is 2.47. The number of aliphatic carboxylic acids is 1. The molecule has 2 N–H and O–H groups in total. The Morgan fingerprint density at radius 1 is 0.947 bits per heavy atom. The van der Waals surface area contributed by atoms with Crippen LogP contribution in [0, 0.1) is 11.8 Å². The highest BCUT2D eigenvalue weighted by molar-refractivity contribution is 6.41. The molecule has 9 nitrogen and oxygen atoms in total. The molecule has 1 aromatic heterocycles. The van der Waals surface area contributed by atoms with E-state index < -0.39 is 17.2 Å². The molecular weight excluding hydrogens is 484 g/mol. The van der Waals surface area contributed by atoms with Gasteiger partial charge in [0.1, 0.15) is 6.61 Å². The molecule has 2 aliphatic carbocycles. The Morgan fingerprint density at radius 2 is 1.63 bits per heavy atom. The van der Waals surface area contributed by atoms with Gasteiger partial charge in [-0.1, -0.05) is 43.0 Å². The molecule has 0 spiro atoms. The van der Waals surface area contributed by atoms with Gasteiger partial charge in [-0.2, -0.15) is 0 Å². The van der Waals surface area contributed by atoms with Gasteiger partial charge in [0.25, 0.3) is 5.56 Å². The van der Waals surface area contributed by atoms with Gasteiger partial charge in [0, 0.05) is 24.2 Å². The van der Waals surface area contributed by atoms with E-state index in [1.165, 1.54) is 44.9 Å². The predicted octanol–water partition coefficient (Wildman–Crippen LogP) is 3.72. The van der Waals surface area contributed by atoms with Crippen molar-refractivity contribution >= 4 is 22.7 Å². The van der Waals surface area contributed by atoms with Gasteiger partial charge in [0.2, 0.25) is 5.71 Å². The smallest absolute Gasteiger partial charge is 0.360 e. The zero-order valence-electron chi connectivity index (χ0n) is 21.9. The van der Waals surface area contributed by atoms with Crippen molar-refractivity contribution in [3.63, 3.8) is 0 Å². The second-order valence-electron chi connectivity index (χ2n) is 11.8. The Balaban J connectivity index is 1.33. The van der Waals surface area contributed by atoms with E-state index in [1.807, 2.05) is 18.2 Å². The Morgan fingerprint density at radius 3 is 2.29 bits per heavy atom. The zero-order chi connectivity index (χ0) is 26.2. The highest BCUT2D eigenvalue weighted by Gasteiger charge is 2.47. The summed E-state index contributed by atoms with van der Waals surface area (Å²) in [6.45, 7) is -0.473. The van der Waals surface area contributed by atoms with Gasteiger partial charge >= 0.3 is 5.97 Å². The van der Waals surface area contributed by atoms with Crippen LogP contribution in [0.2, 0.25) is 0 Å². The van der Waals surface area contributed by atoms with E-state index in [4.69, 9.17) is 9.94 Å². The number of oxime groups is 1. The molecule has 6 rings (SSSR count). The average molecular weight is 523 g/mol. The van der Waals surface area contributed by atoms with Crippen molar-refractivity contribution < 1.29 is 19.8 Å². The third kappa shape index (κ3) is 4.75. The molecule has 0 amide bonds. The van der Waals surface area contributed by atoms with Gasteiger partial charge in [0.05, 0.1) is 17.6 Å². The summed E-state index contributed by atoms with van der Waals surface area (Å²) in [7, 11) is 0. The van der Waals surface area contributed by atoms with Crippen LogP contribution in [0.25, 0.3) is 11.0 Å². The van der Waals surface area contributed by atoms with Crippen LogP contribution in [0.1, 0.15) is 82.4 Å². The molecule has 204 valence electrons. The molecule has 5 atom stereocenters. The first-order valence-corrected chi connectivity index (χ1v) is 14.4. The van der Waals surface area contributed by atoms with Crippen LogP contribution in [-0.2, 0) is 9.63 Å². The van der Waals surface area contributed by atoms with Crippen LogP contribution in [0.15, 0.2) is 34.2 Å². The summed E-state index contributed by atoms with van der Waals surface area (Å²) in [5.74, 6) is 0.354. The van der Waals surface area contributed by atoms with Crippen LogP contribution < -0.4 is 5.56 Å². The van der Waals surface area contributed by atoms with E-state index in [0.29, 0.717) is 23.6 Å². The molecule has 1 aromatic carbocycles. The summed E-state index contributed by atoms with van der Waals surface area (Å²) in [5.41, 5.74) is 0.0839. The van der Waals surface area contributed by atoms with Crippen molar-refractivity contribution in [2.45, 2.75) is 94.8 Å². The van der Waals surface area contributed by atoms with Crippen molar-refractivity contribution in [1.29, 1.82) is 0 Å². The van der Waals surface area contributed by atoms with Gasteiger partial charge in [-0.25, -0.2) is 9.78 Å². The molecule has 4 aliphatic rings. The van der Waals surface area contributed by atoms with Crippen LogP contribution in [0.5, 0.6) is 0 Å². The Labute approximate surface area is 222 Å². The predicted molar refractivity (Wildman–Crippen MR) is 143 cm³/mol. The lowest BCUT2D eigenvalue weighted by molar-refractivity contribution is -0.129. The third-order valence-electron chi connectivity index (χ3n) is 9.46. The lowest BCUT2D eigenvalue weighted by atomic mass is 9.76. The maximum Gasteiger partial charge on any atom is 0.360 e. The van der Waals surface area contributed by atoms with E-state index >= 15 is 0 Å². The van der Waals surface area contributed by atoms with Crippen molar-refractivity contribution in [2.75, 3.05) is 13.2 Å². The van der Waals surface area contributed by atoms with E-state index in [-0.39, 0.29) is 24.9 Å². The fraction of sp³-hybridized carbons (Fsp3) is 0.655. The minimum Gasteiger partial charge on any atom is -0.476 e. The van der Waals surface area contributed by atoms with E-state index in [9.17, 15) is 14.7 Å². The molecule has 2 saturated carbocycles. The fourth-order valence-corrected chi connectivity index (χ4v) is 8.11. The maximum absolute atomic E-state index is 13.9. The molecule has 4 fully saturated rings. The lowest BCUT2D eigenvalue weighted by Gasteiger charge is -2.48. The number of aliphatic hydroxyl groups excluding tert-OH is 1. The summed E-state index contributed by atoms with van der Waals surface area (Å²) < 4.78 is 1.78. The largest absolute Gasteiger partial charge is 0.476 e. The monoisotopic (exact) mass is 522 g/mol. The van der Waals surface area contributed by atoms with E-state index in [0.717, 1.165) is 43.0 Å².